The molecule has 0 radical (unpaired) electrons. The molecule has 18 heavy (non-hydrogen) atoms. The van der Waals surface area contributed by atoms with E-state index < -0.39 is 10.9 Å². The second-order valence-corrected chi connectivity index (χ2v) is 4.91. The van der Waals surface area contributed by atoms with Crippen molar-refractivity contribution in [1.29, 1.82) is 0 Å². The average Bonchev–Trinajstić information content (AvgIpc) is 2.28. The summed E-state index contributed by atoms with van der Waals surface area (Å²) in [7, 11) is 0. The highest BCUT2D eigenvalue weighted by Gasteiger charge is 2.14. The molecule has 0 amide bonds. The molecular weight excluding hydrogens is 278 g/mol. The minimum atomic E-state index is -0.592. The zero-order valence-electron chi connectivity index (χ0n) is 9.72. The predicted molar refractivity (Wildman–Crippen MR) is 71.4 cm³/mol. The highest BCUT2D eigenvalue weighted by molar-refractivity contribution is 7.99. The molecule has 1 aromatic carbocycles. The van der Waals surface area contributed by atoms with Crippen LogP contribution in [0.1, 0.15) is 13.3 Å². The van der Waals surface area contributed by atoms with E-state index in [1.807, 2.05) is 6.92 Å². The number of thioether (sulfide) groups is 1. The zero-order valence-corrected chi connectivity index (χ0v) is 11.3. The van der Waals surface area contributed by atoms with Crippen molar-refractivity contribution in [1.82, 2.24) is 0 Å². The van der Waals surface area contributed by atoms with Crippen LogP contribution in [-0.4, -0.2) is 22.4 Å². The van der Waals surface area contributed by atoms with Crippen molar-refractivity contribution in [3.8, 4) is 5.75 Å². The van der Waals surface area contributed by atoms with Crippen LogP contribution in [0.25, 0.3) is 0 Å². The van der Waals surface area contributed by atoms with Crippen LogP contribution >= 0.6 is 23.4 Å². The van der Waals surface area contributed by atoms with Crippen molar-refractivity contribution in [2.24, 2.45) is 0 Å². The number of ether oxygens (including phenoxy) is 1. The Bertz CT molecular complexity index is 453. The molecule has 0 spiro atoms. The second kappa shape index (κ2) is 7.23. The summed E-state index contributed by atoms with van der Waals surface area (Å²) >= 11 is 7.17. The molecule has 0 bridgehead atoms. The molecule has 0 saturated carbocycles. The van der Waals surface area contributed by atoms with Gasteiger partial charge in [0, 0.05) is 12.1 Å². The van der Waals surface area contributed by atoms with Gasteiger partial charge in [0.1, 0.15) is 10.8 Å². The predicted octanol–water partition coefficient (Wildman–Crippen LogP) is 3.30. The molecule has 7 heteroatoms. The first-order chi connectivity index (χ1) is 8.54. The summed E-state index contributed by atoms with van der Waals surface area (Å²) < 4.78 is 5.01. The van der Waals surface area contributed by atoms with Gasteiger partial charge in [-0.15, -0.1) is 0 Å². The first-order valence-corrected chi connectivity index (χ1v) is 6.80. The van der Waals surface area contributed by atoms with E-state index in [0.717, 1.165) is 12.2 Å². The third-order valence-electron chi connectivity index (χ3n) is 1.92. The summed E-state index contributed by atoms with van der Waals surface area (Å²) in [6, 6.07) is 3.83. The Hall–Kier alpha value is -1.27. The van der Waals surface area contributed by atoms with Crippen LogP contribution < -0.4 is 4.74 Å². The van der Waals surface area contributed by atoms with Gasteiger partial charge < -0.3 is 4.74 Å². The number of esters is 1. The Labute approximate surface area is 114 Å². The molecule has 0 atom stereocenters. The van der Waals surface area contributed by atoms with Crippen molar-refractivity contribution < 1.29 is 14.5 Å². The van der Waals surface area contributed by atoms with E-state index in [0.29, 0.717) is 0 Å². The third-order valence-corrected chi connectivity index (χ3v) is 3.36. The van der Waals surface area contributed by atoms with Gasteiger partial charge in [0.15, 0.2) is 0 Å². The number of nitro benzene ring substituents is 1. The van der Waals surface area contributed by atoms with E-state index in [9.17, 15) is 14.9 Å². The van der Waals surface area contributed by atoms with E-state index in [1.54, 1.807) is 0 Å². The SMILES string of the molecule is CCCSCC(=O)Oc1ccc([N+](=O)[O-])c(Cl)c1. The maximum absolute atomic E-state index is 11.4. The minimum Gasteiger partial charge on any atom is -0.426 e. The fourth-order valence-corrected chi connectivity index (χ4v) is 2.06. The molecule has 0 aliphatic carbocycles. The van der Waals surface area contributed by atoms with Crippen molar-refractivity contribution in [2.45, 2.75) is 13.3 Å². The van der Waals surface area contributed by atoms with Crippen molar-refractivity contribution in [3.05, 3.63) is 33.3 Å². The van der Waals surface area contributed by atoms with Crippen molar-refractivity contribution in [3.63, 3.8) is 0 Å². The molecule has 0 N–H and O–H groups in total. The highest BCUT2D eigenvalue weighted by Crippen LogP contribution is 2.28. The molecule has 1 aromatic rings. The average molecular weight is 290 g/mol. The van der Waals surface area contributed by atoms with Crippen LogP contribution in [-0.2, 0) is 4.79 Å². The third kappa shape index (κ3) is 4.54. The van der Waals surface area contributed by atoms with Crippen LogP contribution in [0.3, 0.4) is 0 Å². The number of halogens is 1. The van der Waals surface area contributed by atoms with Gasteiger partial charge in [-0.1, -0.05) is 18.5 Å². The molecule has 5 nitrogen and oxygen atoms in total. The molecular formula is C11H12ClNO4S. The number of hydrogen-bond donors (Lipinski definition) is 0. The Morgan fingerprint density at radius 2 is 2.28 bits per heavy atom. The van der Waals surface area contributed by atoms with Gasteiger partial charge in [0.2, 0.25) is 0 Å². The Kier molecular flexibility index (Phi) is 5.94. The summed E-state index contributed by atoms with van der Waals surface area (Å²) in [5, 5.41) is 10.5. The first kappa shape index (κ1) is 14.8. The molecule has 0 aliphatic rings. The molecule has 1 rings (SSSR count). The van der Waals surface area contributed by atoms with Gasteiger partial charge in [-0.25, -0.2) is 0 Å². The van der Waals surface area contributed by atoms with Gasteiger partial charge in [-0.3, -0.25) is 14.9 Å². The van der Waals surface area contributed by atoms with Crippen LogP contribution in [0.15, 0.2) is 18.2 Å². The quantitative estimate of drug-likeness (QED) is 0.264. The summed E-state index contributed by atoms with van der Waals surface area (Å²) in [6.45, 7) is 2.02. The Morgan fingerprint density at radius 1 is 1.56 bits per heavy atom. The van der Waals surface area contributed by atoms with E-state index in [2.05, 4.69) is 0 Å². The molecule has 0 aromatic heterocycles. The van der Waals surface area contributed by atoms with Crippen molar-refractivity contribution in [2.75, 3.05) is 11.5 Å². The lowest BCUT2D eigenvalue weighted by molar-refractivity contribution is -0.384. The second-order valence-electron chi connectivity index (χ2n) is 3.40. The van der Waals surface area contributed by atoms with Crippen molar-refractivity contribution >= 4 is 35.0 Å². The van der Waals surface area contributed by atoms with E-state index in [4.69, 9.17) is 16.3 Å². The van der Waals surface area contributed by atoms with E-state index in [-0.39, 0.29) is 22.2 Å². The fraction of sp³-hybridized carbons (Fsp3) is 0.364. The Balaban J connectivity index is 2.60. The summed E-state index contributed by atoms with van der Waals surface area (Å²) in [5.74, 6) is 0.963. The smallest absolute Gasteiger partial charge is 0.321 e. The topological polar surface area (TPSA) is 69.4 Å². The van der Waals surface area contributed by atoms with E-state index >= 15 is 0 Å². The van der Waals surface area contributed by atoms with Gasteiger partial charge in [0.25, 0.3) is 5.69 Å². The largest absolute Gasteiger partial charge is 0.426 e. The maximum atomic E-state index is 11.4. The first-order valence-electron chi connectivity index (χ1n) is 5.27. The van der Waals surface area contributed by atoms with Crippen LogP contribution in [0.5, 0.6) is 5.75 Å². The maximum Gasteiger partial charge on any atom is 0.321 e. The van der Waals surface area contributed by atoms with Gasteiger partial charge in [-0.05, 0) is 18.2 Å². The van der Waals surface area contributed by atoms with Crippen LogP contribution in [0.2, 0.25) is 5.02 Å². The highest BCUT2D eigenvalue weighted by atomic mass is 35.5. The molecule has 0 aliphatic heterocycles. The number of nitro groups is 1. The number of hydrogen-bond acceptors (Lipinski definition) is 5. The summed E-state index contributed by atoms with van der Waals surface area (Å²) in [5.41, 5.74) is -0.211. The monoisotopic (exact) mass is 289 g/mol. The molecule has 0 heterocycles. The number of carbonyl (C=O) groups is 1. The molecule has 0 saturated heterocycles. The van der Waals surface area contributed by atoms with Gasteiger partial charge in [0.05, 0.1) is 10.7 Å². The number of carbonyl (C=O) groups excluding carboxylic acids is 1. The van der Waals surface area contributed by atoms with Gasteiger partial charge in [-0.2, -0.15) is 11.8 Å². The number of rotatable bonds is 6. The lowest BCUT2D eigenvalue weighted by atomic mass is 10.3. The zero-order chi connectivity index (χ0) is 13.5. The molecule has 98 valence electrons. The van der Waals surface area contributed by atoms with Gasteiger partial charge >= 0.3 is 5.97 Å². The number of nitrogens with zero attached hydrogens (tertiary/aromatic N) is 1. The standard InChI is InChI=1S/C11H12ClNO4S/c1-2-5-18-7-11(14)17-8-3-4-10(13(15)16)9(12)6-8/h3-4,6H,2,5,7H2,1H3. The fourth-order valence-electron chi connectivity index (χ4n) is 1.16. The number of benzene rings is 1. The summed E-state index contributed by atoms with van der Waals surface area (Å²) in [4.78, 5) is 21.3. The van der Waals surface area contributed by atoms with E-state index in [1.165, 1.54) is 30.0 Å². The lowest BCUT2D eigenvalue weighted by Gasteiger charge is -2.04. The Morgan fingerprint density at radius 3 is 2.83 bits per heavy atom. The van der Waals surface area contributed by atoms with Crippen LogP contribution in [0, 0.1) is 10.1 Å². The summed E-state index contributed by atoms with van der Waals surface area (Å²) in [6.07, 6.45) is 0.987. The molecule has 0 fully saturated rings. The normalized spacial score (nSPS) is 10.1. The lowest BCUT2D eigenvalue weighted by Crippen LogP contribution is -2.11. The van der Waals surface area contributed by atoms with Crippen LogP contribution in [0.4, 0.5) is 5.69 Å². The molecule has 0 unspecified atom stereocenters. The minimum absolute atomic E-state index is 0.0495.